The van der Waals surface area contributed by atoms with Gasteiger partial charge in [0, 0.05) is 40.4 Å². The number of nitrogens with two attached hydrogens (primary N) is 1. The van der Waals surface area contributed by atoms with Gasteiger partial charge < -0.3 is 20.3 Å². The smallest absolute Gasteiger partial charge is 0.252 e. The number of amides is 1. The van der Waals surface area contributed by atoms with Crippen molar-refractivity contribution >= 4 is 33.9 Å². The molecule has 2 aliphatic rings. The Labute approximate surface area is 187 Å². The van der Waals surface area contributed by atoms with Crippen molar-refractivity contribution in [2.24, 2.45) is 0 Å². The Kier molecular flexibility index (Phi) is 5.32. The highest BCUT2D eigenvalue weighted by molar-refractivity contribution is 7.84. The van der Waals surface area contributed by atoms with Crippen molar-refractivity contribution in [1.29, 1.82) is 0 Å². The average Bonchev–Trinajstić information content (AvgIpc) is 2.82. The molecule has 1 amide bonds. The molecule has 2 atom stereocenters. The van der Waals surface area contributed by atoms with Crippen LogP contribution in [0.4, 0.5) is 17.2 Å². The van der Waals surface area contributed by atoms with E-state index in [-0.39, 0.29) is 5.91 Å². The molecule has 2 aromatic heterocycles. The predicted molar refractivity (Wildman–Crippen MR) is 122 cm³/mol. The van der Waals surface area contributed by atoms with Crippen molar-refractivity contribution in [3.05, 3.63) is 54.4 Å². The number of pyridine rings is 1. The lowest BCUT2D eigenvalue weighted by Gasteiger charge is -2.43. The van der Waals surface area contributed by atoms with E-state index in [4.69, 9.17) is 15.5 Å². The molecule has 1 saturated heterocycles. The van der Waals surface area contributed by atoms with Crippen LogP contribution in [0, 0.1) is 0 Å². The number of ether oxygens (including phenoxy) is 1. The quantitative estimate of drug-likeness (QED) is 0.638. The molecule has 1 aromatic carbocycles. The number of nitrogen functional groups attached to an aromatic ring is 1. The molecule has 164 valence electrons. The zero-order chi connectivity index (χ0) is 22.2. The summed E-state index contributed by atoms with van der Waals surface area (Å²) in [6, 6.07) is 10.4. The number of benzene rings is 1. The van der Waals surface area contributed by atoms with Crippen molar-refractivity contribution in [3.63, 3.8) is 0 Å². The van der Waals surface area contributed by atoms with E-state index in [1.165, 1.54) is 0 Å². The second-order valence-corrected chi connectivity index (χ2v) is 9.06. The van der Waals surface area contributed by atoms with Gasteiger partial charge in [0.05, 0.1) is 26.0 Å². The van der Waals surface area contributed by atoms with E-state index in [1.807, 2.05) is 29.2 Å². The van der Waals surface area contributed by atoms with E-state index >= 15 is 0 Å². The van der Waals surface area contributed by atoms with E-state index in [0.29, 0.717) is 55.0 Å². The lowest BCUT2D eigenvalue weighted by atomic mass is 10.1. The predicted octanol–water partition coefficient (Wildman–Crippen LogP) is 1.61. The minimum atomic E-state index is -1.05. The molecule has 0 aliphatic carbocycles. The normalized spacial score (nSPS) is 18.8. The Morgan fingerprint density at radius 3 is 2.78 bits per heavy atom. The first-order valence-electron chi connectivity index (χ1n) is 10.2. The summed E-state index contributed by atoms with van der Waals surface area (Å²) in [6.07, 6.45) is 4.93. The fourth-order valence-corrected chi connectivity index (χ4v) is 4.47. The molecule has 10 heteroatoms. The summed E-state index contributed by atoms with van der Waals surface area (Å²) in [5.74, 6) is 1.07. The van der Waals surface area contributed by atoms with Gasteiger partial charge in [-0.25, -0.2) is 9.97 Å². The van der Waals surface area contributed by atoms with E-state index in [2.05, 4.69) is 9.97 Å². The van der Waals surface area contributed by atoms with Gasteiger partial charge in [-0.05, 0) is 29.8 Å². The molecule has 0 saturated carbocycles. The highest BCUT2D eigenvalue weighted by Crippen LogP contribution is 2.37. The lowest BCUT2D eigenvalue weighted by Crippen LogP contribution is -2.58. The molecule has 0 spiro atoms. The fourth-order valence-electron chi connectivity index (χ4n) is 3.95. The molecule has 1 fully saturated rings. The first-order chi connectivity index (χ1) is 15.5. The molecule has 4 heterocycles. The Hall–Kier alpha value is -3.37. The molecule has 0 bridgehead atoms. The number of aromatic nitrogens is 3. The zero-order valence-corrected chi connectivity index (χ0v) is 18.3. The van der Waals surface area contributed by atoms with Gasteiger partial charge in [0.2, 0.25) is 0 Å². The maximum absolute atomic E-state index is 13.4. The van der Waals surface area contributed by atoms with E-state index < -0.39 is 16.8 Å². The second-order valence-electron chi connectivity index (χ2n) is 7.68. The molecule has 9 nitrogen and oxygen atoms in total. The Morgan fingerprint density at radius 2 is 2.03 bits per heavy atom. The summed E-state index contributed by atoms with van der Waals surface area (Å²) in [5, 5.41) is 0. The Balaban J connectivity index is 1.55. The highest BCUT2D eigenvalue weighted by Gasteiger charge is 2.41. The summed E-state index contributed by atoms with van der Waals surface area (Å²) in [4.78, 5) is 31.4. The highest BCUT2D eigenvalue weighted by atomic mass is 32.2. The molecule has 2 unspecified atom stereocenters. The minimum absolute atomic E-state index is 0.0567. The van der Waals surface area contributed by atoms with Crippen molar-refractivity contribution in [2.75, 3.05) is 41.5 Å². The topological polar surface area (TPSA) is 115 Å². The summed E-state index contributed by atoms with van der Waals surface area (Å²) in [5.41, 5.74) is 8.62. The number of hydrogen-bond acceptors (Lipinski definition) is 8. The largest absolute Gasteiger partial charge is 0.399 e. The number of nitrogens with zero attached hydrogens (tertiary/aromatic N) is 5. The number of morpholine rings is 1. The summed E-state index contributed by atoms with van der Waals surface area (Å²) >= 11 is 0. The second kappa shape index (κ2) is 8.29. The van der Waals surface area contributed by atoms with Crippen LogP contribution >= 0.6 is 0 Å². The molecule has 5 rings (SSSR count). The molecular formula is C22H22N6O3S. The van der Waals surface area contributed by atoms with Crippen LogP contribution in [0.1, 0.15) is 5.56 Å². The van der Waals surface area contributed by atoms with Crippen LogP contribution < -0.4 is 15.5 Å². The van der Waals surface area contributed by atoms with Gasteiger partial charge in [0.15, 0.2) is 11.6 Å². The minimum Gasteiger partial charge on any atom is -0.399 e. The molecule has 32 heavy (non-hydrogen) atoms. The summed E-state index contributed by atoms with van der Waals surface area (Å²) < 4.78 is 17.3. The number of hydrogen-bond donors (Lipinski definition) is 1. The monoisotopic (exact) mass is 450 g/mol. The maximum Gasteiger partial charge on any atom is 0.252 e. The summed E-state index contributed by atoms with van der Waals surface area (Å²) in [6.45, 7) is 1.74. The van der Waals surface area contributed by atoms with Crippen LogP contribution in [0.25, 0.3) is 11.5 Å². The van der Waals surface area contributed by atoms with Crippen molar-refractivity contribution in [1.82, 2.24) is 15.0 Å². The van der Waals surface area contributed by atoms with Crippen LogP contribution in [0.5, 0.6) is 0 Å². The van der Waals surface area contributed by atoms with Crippen molar-refractivity contribution in [2.45, 2.75) is 17.5 Å². The van der Waals surface area contributed by atoms with Gasteiger partial charge in [0.25, 0.3) is 5.91 Å². The fraction of sp³-hybridized carbons (Fsp3) is 0.273. The third kappa shape index (κ3) is 3.71. The Bertz CT molecular complexity index is 1200. The number of rotatable bonds is 4. The van der Waals surface area contributed by atoms with Gasteiger partial charge in [-0.2, -0.15) is 0 Å². The van der Waals surface area contributed by atoms with E-state index in [9.17, 15) is 9.00 Å². The van der Waals surface area contributed by atoms with Crippen LogP contribution in [0.3, 0.4) is 0 Å². The number of anilines is 3. The number of carbonyl (C=O) groups excluding carboxylic acids is 1. The standard InChI is InChI=1S/C22H22N6O3S/c1-32(30)16-4-2-14(3-5-16)12-28-18-11-25-20(17-10-15(23)6-7-24-17)26-21(18)27-8-9-31-13-19(27)22(28)29/h2-7,10-11,19H,8-9,12-13H2,1H3,(H2,23,24). The SMILES string of the molecule is CS(=O)c1ccc(CN2C(=O)C3COCCN3c3nc(-c4cc(N)ccn4)ncc32)cc1. The van der Waals surface area contributed by atoms with E-state index in [1.54, 1.807) is 35.7 Å². The Morgan fingerprint density at radius 1 is 1.22 bits per heavy atom. The van der Waals surface area contributed by atoms with Crippen LogP contribution in [0.15, 0.2) is 53.7 Å². The van der Waals surface area contributed by atoms with Crippen molar-refractivity contribution < 1.29 is 13.7 Å². The lowest BCUT2D eigenvalue weighted by molar-refractivity contribution is -0.122. The number of carbonyl (C=O) groups is 1. The first kappa shape index (κ1) is 20.5. The first-order valence-corrected chi connectivity index (χ1v) is 11.7. The van der Waals surface area contributed by atoms with E-state index in [0.717, 1.165) is 10.5 Å². The third-order valence-corrected chi connectivity index (χ3v) is 6.54. The van der Waals surface area contributed by atoms with Gasteiger partial charge in [-0.3, -0.25) is 14.0 Å². The molecule has 3 aromatic rings. The summed E-state index contributed by atoms with van der Waals surface area (Å²) in [7, 11) is -1.05. The molecule has 2 aliphatic heterocycles. The molecular weight excluding hydrogens is 428 g/mol. The van der Waals surface area contributed by atoms with Crippen molar-refractivity contribution in [3.8, 4) is 11.5 Å². The molecule has 2 N–H and O–H groups in total. The molecule has 0 radical (unpaired) electrons. The van der Waals surface area contributed by atoms with Crippen LogP contribution in [-0.2, 0) is 26.9 Å². The third-order valence-electron chi connectivity index (χ3n) is 5.60. The van der Waals surface area contributed by atoms with Gasteiger partial charge in [-0.15, -0.1) is 0 Å². The van der Waals surface area contributed by atoms with Crippen LogP contribution in [-0.4, -0.2) is 57.1 Å². The van der Waals surface area contributed by atoms with Gasteiger partial charge in [-0.1, -0.05) is 12.1 Å². The van der Waals surface area contributed by atoms with Crippen LogP contribution in [0.2, 0.25) is 0 Å². The zero-order valence-electron chi connectivity index (χ0n) is 17.5. The van der Waals surface area contributed by atoms with Gasteiger partial charge >= 0.3 is 0 Å². The van der Waals surface area contributed by atoms with Gasteiger partial charge in [0.1, 0.15) is 17.4 Å². The maximum atomic E-state index is 13.4. The average molecular weight is 451 g/mol. The number of fused-ring (bicyclic) bond motifs is 3.